The fraction of sp³-hybridized carbons (Fsp3) is 0.667. The van der Waals surface area contributed by atoms with Gasteiger partial charge < -0.3 is 36.8 Å². The summed E-state index contributed by atoms with van der Waals surface area (Å²) < 4.78 is 0. The maximum absolute atomic E-state index is 13.1. The molecule has 0 saturated heterocycles. The number of carbonyl (C=O) groups excluding carboxylic acids is 3. The van der Waals surface area contributed by atoms with E-state index in [0.717, 1.165) is 19.3 Å². The van der Waals surface area contributed by atoms with Crippen LogP contribution in [-0.2, 0) is 28.8 Å². The van der Waals surface area contributed by atoms with Gasteiger partial charge in [-0.1, -0.05) is 44.4 Å². The van der Waals surface area contributed by atoms with Gasteiger partial charge in [0.1, 0.15) is 18.6 Å². The Morgan fingerprint density at radius 2 is 1.75 bits per heavy atom. The summed E-state index contributed by atoms with van der Waals surface area (Å²) in [7, 11) is 0. The highest BCUT2D eigenvalue weighted by molar-refractivity contribution is 8.00. The zero-order valence-corrected chi connectivity index (χ0v) is 26.1. The second-order valence-electron chi connectivity index (χ2n) is 10.9. The SMILES string of the molecule is CCCCCC(O)CC=C1C(=O)CC(SCC(NC(=O)CCC(N)C(=O)O)C(=O)NCC(=O)O)C1CC=CCCCC(=O)O. The van der Waals surface area contributed by atoms with Crippen molar-refractivity contribution in [3.05, 3.63) is 23.8 Å². The lowest BCUT2D eigenvalue weighted by atomic mass is 9.95. The molecule has 0 aromatic carbocycles. The van der Waals surface area contributed by atoms with Crippen LogP contribution in [0.15, 0.2) is 23.8 Å². The number of thioether (sulfide) groups is 1. The first-order valence-electron chi connectivity index (χ1n) is 15.0. The number of aliphatic hydroxyl groups excluding tert-OH is 1. The molecule has 5 atom stereocenters. The molecule has 0 spiro atoms. The van der Waals surface area contributed by atoms with Crippen molar-refractivity contribution in [1.29, 1.82) is 0 Å². The first kappa shape index (κ1) is 38.8. The number of unbranched alkanes of at least 4 members (excludes halogenated alkanes) is 3. The minimum atomic E-state index is -1.27. The van der Waals surface area contributed by atoms with Crippen molar-refractivity contribution in [2.75, 3.05) is 12.3 Å². The normalized spacial score (nSPS) is 19.5. The second-order valence-corrected chi connectivity index (χ2v) is 12.1. The molecule has 0 bridgehead atoms. The molecule has 0 aromatic heterocycles. The van der Waals surface area contributed by atoms with Crippen LogP contribution in [0.25, 0.3) is 0 Å². The highest BCUT2D eigenvalue weighted by Gasteiger charge is 2.38. The van der Waals surface area contributed by atoms with Crippen LogP contribution in [0, 0.1) is 5.92 Å². The molecule has 1 rings (SSSR count). The van der Waals surface area contributed by atoms with Crippen LogP contribution in [0.1, 0.15) is 84.0 Å². The molecule has 5 unspecified atom stereocenters. The van der Waals surface area contributed by atoms with Gasteiger partial charge in [0.05, 0.1) is 6.10 Å². The number of carbonyl (C=O) groups is 6. The molecule has 44 heavy (non-hydrogen) atoms. The average molecular weight is 642 g/mol. The number of Topliss-reactive ketones (excluding diaryl/α,β-unsaturated/α-hetero) is 1. The van der Waals surface area contributed by atoms with Crippen molar-refractivity contribution < 1.29 is 49.2 Å². The predicted octanol–water partition coefficient (Wildman–Crippen LogP) is 2.01. The molecule has 0 aromatic rings. The van der Waals surface area contributed by atoms with E-state index in [0.29, 0.717) is 37.7 Å². The zero-order valence-electron chi connectivity index (χ0n) is 25.2. The number of amides is 2. The quantitative estimate of drug-likeness (QED) is 0.0482. The fourth-order valence-corrected chi connectivity index (χ4v) is 6.11. The van der Waals surface area contributed by atoms with Crippen LogP contribution < -0.4 is 16.4 Å². The van der Waals surface area contributed by atoms with Crippen LogP contribution >= 0.6 is 11.8 Å². The second kappa shape index (κ2) is 21.5. The van der Waals surface area contributed by atoms with Gasteiger partial charge in [-0.3, -0.25) is 28.8 Å². The molecular formula is C30H47N3O10S. The van der Waals surface area contributed by atoms with Gasteiger partial charge in [0, 0.05) is 36.2 Å². The Labute approximate surface area is 262 Å². The van der Waals surface area contributed by atoms with E-state index in [1.807, 2.05) is 12.2 Å². The Bertz CT molecular complexity index is 1050. The number of carboxylic acids is 3. The summed E-state index contributed by atoms with van der Waals surface area (Å²) in [5.74, 6) is -5.09. The Hall–Kier alpha value is -3.23. The number of hydrogen-bond acceptors (Lipinski definition) is 9. The van der Waals surface area contributed by atoms with Gasteiger partial charge >= 0.3 is 17.9 Å². The molecule has 13 nitrogen and oxygen atoms in total. The van der Waals surface area contributed by atoms with Crippen LogP contribution in [0.4, 0.5) is 0 Å². The van der Waals surface area contributed by atoms with Gasteiger partial charge in [-0.15, -0.1) is 0 Å². The number of aliphatic hydroxyl groups is 1. The van der Waals surface area contributed by atoms with E-state index in [4.69, 9.17) is 21.1 Å². The van der Waals surface area contributed by atoms with Gasteiger partial charge in [0.15, 0.2) is 5.78 Å². The lowest BCUT2D eigenvalue weighted by molar-refractivity contribution is -0.139. The molecule has 0 heterocycles. The van der Waals surface area contributed by atoms with Crippen LogP contribution in [0.3, 0.4) is 0 Å². The number of carboxylic acid groups (broad SMARTS) is 3. The maximum atomic E-state index is 13.1. The average Bonchev–Trinajstić information content (AvgIpc) is 3.26. The number of ketones is 1. The Balaban J connectivity index is 3.04. The molecule has 14 heteroatoms. The van der Waals surface area contributed by atoms with Gasteiger partial charge in [-0.2, -0.15) is 11.8 Å². The fourth-order valence-electron chi connectivity index (χ4n) is 4.68. The number of hydrogen-bond donors (Lipinski definition) is 7. The van der Waals surface area contributed by atoms with Crippen molar-refractivity contribution in [2.45, 2.75) is 107 Å². The topological polar surface area (TPSA) is 233 Å². The Morgan fingerprint density at radius 3 is 2.39 bits per heavy atom. The van der Waals surface area contributed by atoms with Crippen molar-refractivity contribution in [1.82, 2.24) is 10.6 Å². The van der Waals surface area contributed by atoms with Gasteiger partial charge in [-0.25, -0.2) is 0 Å². The molecule has 248 valence electrons. The minimum absolute atomic E-state index is 0.0197. The molecule has 2 amide bonds. The van der Waals surface area contributed by atoms with E-state index < -0.39 is 54.5 Å². The highest BCUT2D eigenvalue weighted by Crippen LogP contribution is 2.40. The number of nitrogens with two attached hydrogens (primary N) is 1. The van der Waals surface area contributed by atoms with E-state index in [2.05, 4.69) is 17.6 Å². The summed E-state index contributed by atoms with van der Waals surface area (Å²) >= 11 is 1.29. The summed E-state index contributed by atoms with van der Waals surface area (Å²) in [6, 6.07) is -2.41. The van der Waals surface area contributed by atoms with E-state index in [9.17, 15) is 33.9 Å². The molecule has 1 saturated carbocycles. The first-order chi connectivity index (χ1) is 20.8. The van der Waals surface area contributed by atoms with Crippen molar-refractivity contribution in [2.24, 2.45) is 11.7 Å². The largest absolute Gasteiger partial charge is 0.481 e. The molecule has 1 aliphatic carbocycles. The zero-order chi connectivity index (χ0) is 33.1. The monoisotopic (exact) mass is 641 g/mol. The lowest BCUT2D eigenvalue weighted by Gasteiger charge is -2.23. The van der Waals surface area contributed by atoms with Gasteiger partial charge in [0.25, 0.3) is 0 Å². The van der Waals surface area contributed by atoms with Crippen molar-refractivity contribution in [3.63, 3.8) is 0 Å². The van der Waals surface area contributed by atoms with E-state index in [1.54, 1.807) is 6.08 Å². The van der Waals surface area contributed by atoms with Gasteiger partial charge in [0.2, 0.25) is 11.8 Å². The molecule has 8 N–H and O–H groups in total. The predicted molar refractivity (Wildman–Crippen MR) is 165 cm³/mol. The van der Waals surface area contributed by atoms with E-state index >= 15 is 0 Å². The van der Waals surface area contributed by atoms with Crippen LogP contribution in [-0.4, -0.2) is 91.7 Å². The van der Waals surface area contributed by atoms with Crippen molar-refractivity contribution >= 4 is 47.3 Å². The third-order valence-electron chi connectivity index (χ3n) is 7.17. The number of nitrogens with one attached hydrogen (secondary N) is 2. The Morgan fingerprint density at radius 1 is 1.02 bits per heavy atom. The number of aliphatic carboxylic acids is 3. The molecule has 1 aliphatic rings. The summed E-state index contributed by atoms with van der Waals surface area (Å²) in [5, 5.41) is 41.7. The van der Waals surface area contributed by atoms with Gasteiger partial charge in [-0.05, 0) is 44.1 Å². The van der Waals surface area contributed by atoms with E-state index in [-0.39, 0.29) is 48.4 Å². The third-order valence-corrected chi connectivity index (χ3v) is 8.62. The van der Waals surface area contributed by atoms with Crippen molar-refractivity contribution in [3.8, 4) is 0 Å². The minimum Gasteiger partial charge on any atom is -0.481 e. The molecule has 1 fully saturated rings. The first-order valence-corrected chi connectivity index (χ1v) is 16.1. The summed E-state index contributed by atoms with van der Waals surface area (Å²) in [5.41, 5.74) is 6.05. The van der Waals surface area contributed by atoms with Crippen LogP contribution in [0.2, 0.25) is 0 Å². The van der Waals surface area contributed by atoms with E-state index in [1.165, 1.54) is 11.8 Å². The summed E-state index contributed by atoms with van der Waals surface area (Å²) in [6.07, 6.45) is 10.2. The van der Waals surface area contributed by atoms with Crippen LogP contribution in [0.5, 0.6) is 0 Å². The lowest BCUT2D eigenvalue weighted by Crippen LogP contribution is -2.49. The Kier molecular flexibility index (Phi) is 18.9. The maximum Gasteiger partial charge on any atom is 0.322 e. The third kappa shape index (κ3) is 16.0. The summed E-state index contributed by atoms with van der Waals surface area (Å²) in [4.78, 5) is 71.1. The number of allylic oxidation sites excluding steroid dienone is 3. The molecule has 0 aliphatic heterocycles. The molecule has 0 radical (unpaired) electrons. The molecular weight excluding hydrogens is 594 g/mol. The summed E-state index contributed by atoms with van der Waals surface area (Å²) in [6.45, 7) is 1.41. The smallest absolute Gasteiger partial charge is 0.322 e. The number of rotatable bonds is 23. The highest BCUT2D eigenvalue weighted by atomic mass is 32.2. The standard InChI is InChI=1S/C30H47N3O10S/c1-2-3-6-9-19(34)12-13-20-21(10-7-4-5-8-11-27(37)38)25(16-24(20)35)44-18-23(29(41)32-17-28(39)40)33-26(36)15-14-22(31)30(42)43/h4,7,13,19,21-23,25,34H,2-3,5-6,8-12,14-18,31H2,1H3,(H,32,41)(H,33,36)(H,37,38)(H,39,40)(H,42,43).